The van der Waals surface area contributed by atoms with E-state index in [1.165, 1.54) is 5.56 Å². The van der Waals surface area contributed by atoms with E-state index in [0.717, 1.165) is 23.0 Å². The number of hydrogen-bond donors (Lipinski definition) is 2. The molecule has 0 bridgehead atoms. The topological polar surface area (TPSA) is 54.7 Å². The Labute approximate surface area is 107 Å². The minimum atomic E-state index is 0.371. The lowest BCUT2D eigenvalue weighted by molar-refractivity contribution is 0.926. The Bertz CT molecular complexity index is 478. The van der Waals surface area contributed by atoms with E-state index < -0.39 is 0 Å². The predicted octanol–water partition coefficient (Wildman–Crippen LogP) is 3.19. The maximum atomic E-state index is 5.91. The molecule has 3 nitrogen and oxygen atoms in total. The van der Waals surface area contributed by atoms with Crippen molar-refractivity contribution in [2.75, 3.05) is 5.73 Å². The molecule has 1 aromatic heterocycles. The first-order chi connectivity index (χ1) is 7.65. The molecular formula is C11H11BrClN3. The number of hydrogen-bond acceptors (Lipinski definition) is 2. The number of nitrogen functional groups attached to an aromatic ring is 1. The van der Waals surface area contributed by atoms with Gasteiger partial charge in [0.15, 0.2) is 11.1 Å². The third kappa shape index (κ3) is 2.77. The first kappa shape index (κ1) is 11.5. The number of rotatable bonds is 3. The number of halogens is 2. The van der Waals surface area contributed by atoms with Crippen molar-refractivity contribution in [1.29, 1.82) is 0 Å². The Morgan fingerprint density at radius 1 is 1.25 bits per heavy atom. The van der Waals surface area contributed by atoms with Crippen molar-refractivity contribution in [3.05, 3.63) is 45.1 Å². The average molecular weight is 301 g/mol. The number of nitrogens with one attached hydrogen (secondary N) is 1. The summed E-state index contributed by atoms with van der Waals surface area (Å²) in [5, 5.41) is 0.467. The van der Waals surface area contributed by atoms with Crippen LogP contribution >= 0.6 is 27.5 Å². The van der Waals surface area contributed by atoms with Gasteiger partial charge < -0.3 is 10.7 Å². The van der Waals surface area contributed by atoms with Gasteiger partial charge in [0.05, 0.1) is 5.69 Å². The van der Waals surface area contributed by atoms with Crippen LogP contribution in [0.2, 0.25) is 5.15 Å². The SMILES string of the molecule is Nc1nc(Cl)c(CCc2ccc(Br)cc2)[nH]1. The van der Waals surface area contributed by atoms with Crippen LogP contribution in [-0.4, -0.2) is 9.97 Å². The summed E-state index contributed by atoms with van der Waals surface area (Å²) in [6, 6.07) is 8.21. The Kier molecular flexibility index (Phi) is 3.51. The maximum Gasteiger partial charge on any atom is 0.199 e. The molecule has 0 saturated heterocycles. The first-order valence-corrected chi connectivity index (χ1v) is 6.06. The van der Waals surface area contributed by atoms with Crippen molar-refractivity contribution in [1.82, 2.24) is 9.97 Å². The lowest BCUT2D eigenvalue weighted by Crippen LogP contribution is -1.93. The molecule has 5 heteroatoms. The standard InChI is InChI=1S/C11H11BrClN3/c12-8-4-1-7(2-5-8)3-6-9-10(13)16-11(14)15-9/h1-2,4-5H,3,6H2,(H3,14,15,16). The fourth-order valence-electron chi connectivity index (χ4n) is 1.49. The predicted molar refractivity (Wildman–Crippen MR) is 69.6 cm³/mol. The van der Waals surface area contributed by atoms with Crippen LogP contribution in [0.25, 0.3) is 0 Å². The number of aromatic nitrogens is 2. The Morgan fingerprint density at radius 2 is 1.94 bits per heavy atom. The van der Waals surface area contributed by atoms with Crippen LogP contribution in [0.4, 0.5) is 5.95 Å². The van der Waals surface area contributed by atoms with Gasteiger partial charge in [0, 0.05) is 4.47 Å². The lowest BCUT2D eigenvalue weighted by atomic mass is 10.1. The van der Waals surface area contributed by atoms with Crippen molar-refractivity contribution >= 4 is 33.5 Å². The molecule has 0 aliphatic rings. The highest BCUT2D eigenvalue weighted by atomic mass is 79.9. The summed E-state index contributed by atoms with van der Waals surface area (Å²) in [5.41, 5.74) is 7.66. The summed E-state index contributed by atoms with van der Waals surface area (Å²) < 4.78 is 1.08. The maximum absolute atomic E-state index is 5.91. The molecule has 0 aliphatic carbocycles. The summed E-state index contributed by atoms with van der Waals surface area (Å²) in [5.74, 6) is 0.371. The van der Waals surface area contributed by atoms with E-state index in [1.807, 2.05) is 12.1 Å². The summed E-state index contributed by atoms with van der Waals surface area (Å²) in [6.07, 6.45) is 1.72. The van der Waals surface area contributed by atoms with E-state index in [-0.39, 0.29) is 0 Å². The molecule has 0 radical (unpaired) electrons. The second-order valence-corrected chi connectivity index (χ2v) is 4.79. The molecule has 0 amide bonds. The summed E-state index contributed by atoms with van der Waals surface area (Å²) >= 11 is 9.31. The largest absolute Gasteiger partial charge is 0.369 e. The number of H-pyrrole nitrogens is 1. The highest BCUT2D eigenvalue weighted by Gasteiger charge is 2.05. The summed E-state index contributed by atoms with van der Waals surface area (Å²) in [6.45, 7) is 0. The molecule has 2 rings (SSSR count). The van der Waals surface area contributed by atoms with Crippen LogP contribution < -0.4 is 5.73 Å². The van der Waals surface area contributed by atoms with Gasteiger partial charge in [-0.3, -0.25) is 0 Å². The van der Waals surface area contributed by atoms with Gasteiger partial charge in [0.2, 0.25) is 0 Å². The fourth-order valence-corrected chi connectivity index (χ4v) is 1.99. The van der Waals surface area contributed by atoms with Gasteiger partial charge in [0.1, 0.15) is 0 Å². The molecule has 16 heavy (non-hydrogen) atoms. The fraction of sp³-hybridized carbons (Fsp3) is 0.182. The van der Waals surface area contributed by atoms with Gasteiger partial charge in [-0.1, -0.05) is 39.7 Å². The molecule has 3 N–H and O–H groups in total. The van der Waals surface area contributed by atoms with Gasteiger partial charge in [0.25, 0.3) is 0 Å². The molecule has 0 unspecified atom stereocenters. The van der Waals surface area contributed by atoms with E-state index in [4.69, 9.17) is 17.3 Å². The second-order valence-electron chi connectivity index (χ2n) is 3.52. The zero-order chi connectivity index (χ0) is 11.5. The number of aryl methyl sites for hydroxylation is 2. The Hall–Kier alpha value is -1.00. The Morgan fingerprint density at radius 3 is 2.50 bits per heavy atom. The van der Waals surface area contributed by atoms with Crippen LogP contribution in [0.5, 0.6) is 0 Å². The summed E-state index contributed by atoms with van der Waals surface area (Å²) in [7, 11) is 0. The van der Waals surface area contributed by atoms with Crippen molar-refractivity contribution in [3.8, 4) is 0 Å². The monoisotopic (exact) mass is 299 g/mol. The summed E-state index contributed by atoms with van der Waals surface area (Å²) in [4.78, 5) is 6.87. The lowest BCUT2D eigenvalue weighted by Gasteiger charge is -2.00. The highest BCUT2D eigenvalue weighted by Crippen LogP contribution is 2.17. The van der Waals surface area contributed by atoms with E-state index in [9.17, 15) is 0 Å². The van der Waals surface area contributed by atoms with Gasteiger partial charge >= 0.3 is 0 Å². The van der Waals surface area contributed by atoms with Gasteiger partial charge in [-0.05, 0) is 30.5 Å². The number of nitrogens with zero attached hydrogens (tertiary/aromatic N) is 1. The third-order valence-electron chi connectivity index (χ3n) is 2.32. The van der Waals surface area contributed by atoms with Crippen molar-refractivity contribution in [2.45, 2.75) is 12.8 Å². The average Bonchev–Trinajstić information content (AvgIpc) is 2.57. The minimum absolute atomic E-state index is 0.371. The van der Waals surface area contributed by atoms with Crippen LogP contribution in [0.3, 0.4) is 0 Å². The molecule has 1 aromatic carbocycles. The van der Waals surface area contributed by atoms with Crippen LogP contribution in [0.15, 0.2) is 28.7 Å². The Balaban J connectivity index is 2.02. The van der Waals surface area contributed by atoms with E-state index in [1.54, 1.807) is 0 Å². The normalized spacial score (nSPS) is 10.6. The number of nitrogens with two attached hydrogens (primary N) is 1. The zero-order valence-electron chi connectivity index (χ0n) is 8.50. The molecule has 0 fully saturated rings. The zero-order valence-corrected chi connectivity index (χ0v) is 10.8. The molecule has 0 spiro atoms. The van der Waals surface area contributed by atoms with Crippen molar-refractivity contribution in [2.24, 2.45) is 0 Å². The molecular weight excluding hydrogens is 289 g/mol. The van der Waals surface area contributed by atoms with Crippen LogP contribution in [0.1, 0.15) is 11.3 Å². The quantitative estimate of drug-likeness (QED) is 0.914. The smallest absolute Gasteiger partial charge is 0.199 e. The highest BCUT2D eigenvalue weighted by molar-refractivity contribution is 9.10. The number of benzene rings is 1. The van der Waals surface area contributed by atoms with E-state index in [2.05, 4.69) is 38.0 Å². The van der Waals surface area contributed by atoms with Gasteiger partial charge in [-0.15, -0.1) is 0 Å². The molecule has 0 atom stereocenters. The van der Waals surface area contributed by atoms with E-state index in [0.29, 0.717) is 11.1 Å². The third-order valence-corrected chi connectivity index (χ3v) is 3.16. The minimum Gasteiger partial charge on any atom is -0.369 e. The van der Waals surface area contributed by atoms with E-state index >= 15 is 0 Å². The number of anilines is 1. The molecule has 2 aromatic rings. The van der Waals surface area contributed by atoms with Crippen molar-refractivity contribution < 1.29 is 0 Å². The molecule has 1 heterocycles. The van der Waals surface area contributed by atoms with Gasteiger partial charge in [-0.25, -0.2) is 4.98 Å². The van der Waals surface area contributed by atoms with Crippen LogP contribution in [0, 0.1) is 0 Å². The molecule has 0 aliphatic heterocycles. The molecule has 0 saturated carbocycles. The second kappa shape index (κ2) is 4.89. The number of imidazole rings is 1. The van der Waals surface area contributed by atoms with Crippen LogP contribution in [-0.2, 0) is 12.8 Å². The van der Waals surface area contributed by atoms with Crippen molar-refractivity contribution in [3.63, 3.8) is 0 Å². The number of aromatic amines is 1. The molecule has 84 valence electrons. The van der Waals surface area contributed by atoms with Gasteiger partial charge in [-0.2, -0.15) is 0 Å². The first-order valence-electron chi connectivity index (χ1n) is 4.89.